The maximum atomic E-state index is 13.9. The normalized spacial score (nSPS) is 19.1. The quantitative estimate of drug-likeness (QED) is 0.305. The Labute approximate surface area is 202 Å². The van der Waals surface area contributed by atoms with Crippen molar-refractivity contribution in [1.29, 1.82) is 0 Å². The predicted octanol–water partition coefficient (Wildman–Crippen LogP) is 5.35. The van der Waals surface area contributed by atoms with E-state index in [9.17, 15) is 4.79 Å². The largest absolute Gasteiger partial charge is 0.468 e. The van der Waals surface area contributed by atoms with Crippen LogP contribution < -0.4 is 14.2 Å². The molecule has 34 heavy (non-hydrogen) atoms. The van der Waals surface area contributed by atoms with Crippen molar-refractivity contribution in [1.82, 2.24) is 0 Å². The zero-order valence-corrected chi connectivity index (χ0v) is 21.0. The Morgan fingerprint density at radius 2 is 1.47 bits per heavy atom. The third-order valence-electron chi connectivity index (χ3n) is 6.48. The van der Waals surface area contributed by atoms with Gasteiger partial charge in [-0.2, -0.15) is 0 Å². The van der Waals surface area contributed by atoms with E-state index in [0.717, 1.165) is 24.0 Å². The molecule has 1 aliphatic rings. The highest BCUT2D eigenvalue weighted by Gasteiger charge is 2.47. The first-order valence-electron chi connectivity index (χ1n) is 11.5. The van der Waals surface area contributed by atoms with Gasteiger partial charge in [0.15, 0.2) is 26.2 Å². The minimum absolute atomic E-state index is 0.0539. The molecule has 0 heterocycles. The number of ketones is 1. The molecule has 2 aromatic rings. The summed E-state index contributed by atoms with van der Waals surface area (Å²) in [5, 5.41) is 0. The molecule has 0 radical (unpaired) electrons. The molecule has 3 rings (SSSR count). The Morgan fingerprint density at radius 3 is 2.09 bits per heavy atom. The topological polar surface area (TPSA) is 72.5 Å². The molecule has 1 fully saturated rings. The molecule has 0 saturated heterocycles. The Morgan fingerprint density at radius 1 is 0.882 bits per heavy atom. The van der Waals surface area contributed by atoms with Crippen LogP contribution in [0.25, 0.3) is 0 Å². The summed E-state index contributed by atoms with van der Waals surface area (Å²) in [5.74, 6) is 1.93. The molecule has 0 aromatic heterocycles. The third-order valence-corrected chi connectivity index (χ3v) is 6.48. The number of carbonyl (C=O) groups is 1. The van der Waals surface area contributed by atoms with Crippen molar-refractivity contribution in [3.05, 3.63) is 53.1 Å². The van der Waals surface area contributed by atoms with Gasteiger partial charge in [0.1, 0.15) is 17.2 Å². The average Bonchev–Trinajstić information content (AvgIpc) is 3.14. The molecule has 1 saturated carbocycles. The minimum Gasteiger partial charge on any atom is -0.468 e. The van der Waals surface area contributed by atoms with E-state index in [-0.39, 0.29) is 43.4 Å². The van der Waals surface area contributed by atoms with Crippen LogP contribution in [0.15, 0.2) is 36.4 Å². The highest BCUT2D eigenvalue weighted by molar-refractivity contribution is 6.00. The lowest BCUT2D eigenvalue weighted by Gasteiger charge is -2.32. The monoisotopic (exact) mass is 472 g/mol. The fraction of sp³-hybridized carbons (Fsp3) is 0.519. The lowest BCUT2D eigenvalue weighted by atomic mass is 9.72. The molecule has 7 nitrogen and oxygen atoms in total. The summed E-state index contributed by atoms with van der Waals surface area (Å²) >= 11 is 0. The van der Waals surface area contributed by atoms with Gasteiger partial charge in [-0.1, -0.05) is 13.8 Å². The first-order valence-corrected chi connectivity index (χ1v) is 11.5. The van der Waals surface area contributed by atoms with Crippen LogP contribution in [-0.2, 0) is 14.2 Å². The zero-order chi connectivity index (χ0) is 24.7. The molecule has 0 aliphatic heterocycles. The Bertz CT molecular complexity index is 969. The second-order valence-corrected chi connectivity index (χ2v) is 9.30. The van der Waals surface area contributed by atoms with E-state index in [0.29, 0.717) is 22.8 Å². The summed E-state index contributed by atoms with van der Waals surface area (Å²) in [7, 11) is 4.75. The zero-order valence-electron chi connectivity index (χ0n) is 21.0. The summed E-state index contributed by atoms with van der Waals surface area (Å²) in [6, 6.07) is 11.2. The van der Waals surface area contributed by atoms with Crippen molar-refractivity contribution in [2.75, 3.05) is 41.7 Å². The number of hydrogen-bond donors (Lipinski definition) is 0. The van der Waals surface area contributed by atoms with Gasteiger partial charge in [0.25, 0.3) is 0 Å². The number of aryl methyl sites for hydroxylation is 1. The number of carbonyl (C=O) groups excluding carboxylic acids is 1. The van der Waals surface area contributed by atoms with Gasteiger partial charge in [0, 0.05) is 44.3 Å². The van der Waals surface area contributed by atoms with Crippen molar-refractivity contribution >= 4 is 5.78 Å². The number of benzene rings is 2. The first-order chi connectivity index (χ1) is 16.3. The van der Waals surface area contributed by atoms with Crippen LogP contribution in [0.4, 0.5) is 0 Å². The molecule has 0 amide bonds. The molecule has 0 bridgehead atoms. The number of rotatable bonds is 12. The van der Waals surface area contributed by atoms with E-state index in [1.54, 1.807) is 21.3 Å². The first kappa shape index (κ1) is 26.0. The summed E-state index contributed by atoms with van der Waals surface area (Å²) in [6.07, 6.45) is 1.72. The van der Waals surface area contributed by atoms with E-state index in [4.69, 9.17) is 28.4 Å². The van der Waals surface area contributed by atoms with Crippen LogP contribution in [0.1, 0.15) is 54.1 Å². The van der Waals surface area contributed by atoms with E-state index >= 15 is 0 Å². The van der Waals surface area contributed by atoms with Gasteiger partial charge >= 0.3 is 0 Å². The Kier molecular flexibility index (Phi) is 8.94. The number of Topliss-reactive ketones (excluding diaryl/α,β-unsaturated/α-hetero) is 1. The van der Waals surface area contributed by atoms with Crippen molar-refractivity contribution in [2.24, 2.45) is 11.3 Å². The maximum absolute atomic E-state index is 13.9. The van der Waals surface area contributed by atoms with Gasteiger partial charge < -0.3 is 28.4 Å². The highest BCUT2D eigenvalue weighted by Crippen LogP contribution is 2.55. The molecule has 2 aromatic carbocycles. The predicted molar refractivity (Wildman–Crippen MR) is 129 cm³/mol. The smallest absolute Gasteiger partial charge is 0.188 e. The van der Waals surface area contributed by atoms with Crippen LogP contribution in [0.5, 0.6) is 17.2 Å². The van der Waals surface area contributed by atoms with E-state index < -0.39 is 0 Å². The van der Waals surface area contributed by atoms with Crippen LogP contribution in [-0.4, -0.2) is 47.5 Å². The Balaban J connectivity index is 1.98. The van der Waals surface area contributed by atoms with Crippen molar-refractivity contribution in [2.45, 2.75) is 39.5 Å². The third kappa shape index (κ3) is 5.90. The number of hydrogen-bond acceptors (Lipinski definition) is 7. The van der Waals surface area contributed by atoms with Gasteiger partial charge in [-0.3, -0.25) is 4.79 Å². The van der Waals surface area contributed by atoms with Crippen molar-refractivity contribution in [3.63, 3.8) is 0 Å². The molecule has 0 N–H and O–H groups in total. The molecular formula is C27H36O7. The maximum Gasteiger partial charge on any atom is 0.188 e. The van der Waals surface area contributed by atoms with Crippen LogP contribution >= 0.6 is 0 Å². The van der Waals surface area contributed by atoms with Crippen LogP contribution in [0, 0.1) is 18.3 Å². The average molecular weight is 473 g/mol. The van der Waals surface area contributed by atoms with Gasteiger partial charge in [-0.05, 0) is 67.1 Å². The standard InChI is InChI=1S/C27H36O7/c1-18-13-19(32-15-29-4)7-9-21(18)26(28)22-11-12-27(2,3)25(22)23-14-20(33-16-30-5)8-10-24(23)34-17-31-6/h7-10,13-14,22,25H,11-12,15-17H2,1-6H3/t22-,25+/m0/s1. The number of methoxy groups -OCH3 is 3. The Hall–Kier alpha value is -2.61. The van der Waals surface area contributed by atoms with Crippen molar-refractivity contribution in [3.8, 4) is 17.2 Å². The van der Waals surface area contributed by atoms with E-state index in [1.165, 1.54) is 0 Å². The SMILES string of the molecule is COCOc1ccc(C(=O)[C@H]2CCC(C)(C)[C@H]2c2cc(OCOC)ccc2OCOC)c(C)c1. The summed E-state index contributed by atoms with van der Waals surface area (Å²) in [5.41, 5.74) is 2.43. The molecule has 7 heteroatoms. The number of ether oxygens (including phenoxy) is 6. The lowest BCUT2D eigenvalue weighted by molar-refractivity contribution is 0.0468. The van der Waals surface area contributed by atoms with E-state index in [1.807, 2.05) is 43.3 Å². The van der Waals surface area contributed by atoms with E-state index in [2.05, 4.69) is 13.8 Å². The molecular weight excluding hydrogens is 436 g/mol. The molecule has 2 atom stereocenters. The summed E-state index contributed by atoms with van der Waals surface area (Å²) < 4.78 is 32.3. The van der Waals surface area contributed by atoms with Crippen LogP contribution in [0.3, 0.4) is 0 Å². The fourth-order valence-corrected chi connectivity index (χ4v) is 4.88. The highest BCUT2D eigenvalue weighted by atomic mass is 16.7. The van der Waals surface area contributed by atoms with Crippen LogP contribution in [0.2, 0.25) is 0 Å². The van der Waals surface area contributed by atoms with Gasteiger partial charge in [-0.15, -0.1) is 0 Å². The minimum atomic E-state index is -0.193. The summed E-state index contributed by atoms with van der Waals surface area (Å²) in [4.78, 5) is 13.9. The molecule has 186 valence electrons. The second-order valence-electron chi connectivity index (χ2n) is 9.30. The fourth-order valence-electron chi connectivity index (χ4n) is 4.88. The summed E-state index contributed by atoms with van der Waals surface area (Å²) in [6.45, 7) is 6.79. The molecule has 1 aliphatic carbocycles. The van der Waals surface area contributed by atoms with Crippen molar-refractivity contribution < 1.29 is 33.2 Å². The molecule has 0 unspecified atom stereocenters. The molecule has 0 spiro atoms. The lowest BCUT2D eigenvalue weighted by Crippen LogP contribution is -2.26. The van der Waals surface area contributed by atoms with Gasteiger partial charge in [0.2, 0.25) is 0 Å². The van der Waals surface area contributed by atoms with Gasteiger partial charge in [0.05, 0.1) is 0 Å². The van der Waals surface area contributed by atoms with Gasteiger partial charge in [-0.25, -0.2) is 0 Å². The second kappa shape index (κ2) is 11.7.